The van der Waals surface area contributed by atoms with E-state index in [4.69, 9.17) is 17.2 Å². The molecule has 0 saturated carbocycles. The largest absolute Gasteiger partial charge is 0.481 e. The summed E-state index contributed by atoms with van der Waals surface area (Å²) in [4.78, 5) is 120. The first-order valence-corrected chi connectivity index (χ1v) is 20.1. The molecule has 2 aromatic rings. The number of para-hydroxylation sites is 1. The summed E-state index contributed by atoms with van der Waals surface area (Å²) in [5.74, 6) is -7.80. The van der Waals surface area contributed by atoms with E-state index in [9.17, 15) is 48.3 Å². The summed E-state index contributed by atoms with van der Waals surface area (Å²) in [5, 5.41) is 24.9. The van der Waals surface area contributed by atoms with Gasteiger partial charge in [0.15, 0.2) is 0 Å². The Hall–Kier alpha value is -5.39. The first-order chi connectivity index (χ1) is 28.1. The molecular formula is C36H53N11O10S2. The molecule has 1 aromatic heterocycles. The average molecular weight is 864 g/mol. The smallest absolute Gasteiger partial charge is 0.305 e. The first-order valence-electron chi connectivity index (χ1n) is 18.9. The van der Waals surface area contributed by atoms with Gasteiger partial charge < -0.3 is 64.1 Å². The second-order valence-electron chi connectivity index (χ2n) is 13.8. The SMILES string of the molecule is NCCCC[C@H](NC(=O)CNC(=O)[C@@H](N)CS)C(=O)NCC(=O)N[C@@H](CC(=O)O)C(=O)N[C@@H](Cc1c[nH]c2ccccc12)C(=O)N1CCC[C@H]1C(=O)N[C@@H](CS)C(N)=O. The van der Waals surface area contributed by atoms with Crippen LogP contribution in [0.4, 0.5) is 0 Å². The van der Waals surface area contributed by atoms with Crippen molar-refractivity contribution in [2.24, 2.45) is 17.2 Å². The van der Waals surface area contributed by atoms with Crippen LogP contribution < -0.4 is 49.1 Å². The van der Waals surface area contributed by atoms with Crippen LogP contribution in [-0.4, -0.2) is 142 Å². The van der Waals surface area contributed by atoms with E-state index in [0.717, 1.165) is 10.9 Å². The van der Waals surface area contributed by atoms with Crippen molar-refractivity contribution in [3.05, 3.63) is 36.0 Å². The van der Waals surface area contributed by atoms with Crippen LogP contribution in [0.15, 0.2) is 30.5 Å². The second-order valence-corrected chi connectivity index (χ2v) is 14.5. The summed E-state index contributed by atoms with van der Waals surface area (Å²) in [6, 6.07) is -0.137. The number of likely N-dealkylation sites (tertiary alicyclic amines) is 1. The third kappa shape index (κ3) is 14.7. The number of carbonyl (C=O) groups is 9. The van der Waals surface area contributed by atoms with E-state index in [-0.39, 0.29) is 37.3 Å². The Morgan fingerprint density at radius 2 is 1.49 bits per heavy atom. The molecule has 0 aliphatic carbocycles. The Morgan fingerprint density at radius 1 is 0.831 bits per heavy atom. The number of hydrogen-bond donors (Lipinski definition) is 13. The lowest BCUT2D eigenvalue weighted by atomic mass is 10.0. The fourth-order valence-corrected chi connectivity index (χ4v) is 6.72. The van der Waals surface area contributed by atoms with Crippen LogP contribution >= 0.6 is 25.3 Å². The zero-order valence-electron chi connectivity index (χ0n) is 32.2. The topological polar surface area (TPSA) is 343 Å². The van der Waals surface area contributed by atoms with Gasteiger partial charge in [0.1, 0.15) is 30.2 Å². The minimum Gasteiger partial charge on any atom is -0.481 e. The fourth-order valence-electron chi connectivity index (χ4n) is 6.28. The number of aromatic nitrogens is 1. The lowest BCUT2D eigenvalue weighted by Crippen LogP contribution is -2.59. The van der Waals surface area contributed by atoms with Crippen molar-refractivity contribution in [3.63, 3.8) is 0 Å². The predicted octanol–water partition coefficient (Wildman–Crippen LogP) is -3.85. The highest BCUT2D eigenvalue weighted by Gasteiger charge is 2.40. The maximum absolute atomic E-state index is 14.2. The van der Waals surface area contributed by atoms with Crippen LogP contribution in [0.2, 0.25) is 0 Å². The molecule has 1 aliphatic rings. The normalized spacial score (nSPS) is 16.1. The molecule has 59 heavy (non-hydrogen) atoms. The molecule has 21 nitrogen and oxygen atoms in total. The highest BCUT2D eigenvalue weighted by atomic mass is 32.1. The number of unbranched alkanes of at least 4 members (excludes halogenated alkanes) is 1. The highest BCUT2D eigenvalue weighted by Crippen LogP contribution is 2.23. The summed E-state index contributed by atoms with van der Waals surface area (Å²) < 4.78 is 0. The number of nitrogens with zero attached hydrogens (tertiary/aromatic N) is 1. The molecule has 0 radical (unpaired) electrons. The highest BCUT2D eigenvalue weighted by molar-refractivity contribution is 7.80. The molecule has 14 N–H and O–H groups in total. The Bertz CT molecular complexity index is 1850. The van der Waals surface area contributed by atoms with Gasteiger partial charge in [-0.05, 0) is 50.3 Å². The number of aromatic amines is 1. The van der Waals surface area contributed by atoms with E-state index in [0.29, 0.717) is 31.4 Å². The standard InChI is InChI=1S/C36H53N11O10S2/c37-10-4-3-8-23(43-28(48)15-41-32(53)21(38)17-58)33(54)42-16-29(49)44-24(13-30(50)51)34(55)45-25(12-19-14-40-22-7-2-1-6-20(19)22)36(57)47-11-5-9-27(47)35(56)46-26(18-59)31(39)52/h1-2,6-7,14,21,23-27,40,58-59H,3-5,8-13,15-18,37-38H2,(H2,39,52)(H,41,53)(H,42,54)(H,43,48)(H,44,49)(H,45,55)(H,46,56)(H,50,51)/t21-,23-,24-,25-,26-,27-/m0/s1. The quantitative estimate of drug-likeness (QED) is 0.0357. The number of benzene rings is 1. The molecule has 0 spiro atoms. The minimum absolute atomic E-state index is 0.0375. The van der Waals surface area contributed by atoms with Gasteiger partial charge in [0.2, 0.25) is 47.3 Å². The van der Waals surface area contributed by atoms with Gasteiger partial charge in [-0.1, -0.05) is 18.2 Å². The molecule has 1 aliphatic heterocycles. The second kappa shape index (κ2) is 23.9. The molecule has 0 unspecified atom stereocenters. The maximum atomic E-state index is 14.2. The number of carboxylic acids is 1. The molecule has 8 amide bonds. The molecule has 0 bridgehead atoms. The van der Waals surface area contributed by atoms with Gasteiger partial charge in [-0.25, -0.2) is 0 Å². The van der Waals surface area contributed by atoms with E-state index in [1.165, 1.54) is 4.90 Å². The van der Waals surface area contributed by atoms with Gasteiger partial charge >= 0.3 is 5.97 Å². The Balaban J connectivity index is 1.77. The monoisotopic (exact) mass is 863 g/mol. The van der Waals surface area contributed by atoms with Crippen molar-refractivity contribution in [2.45, 2.75) is 81.2 Å². The van der Waals surface area contributed by atoms with Crippen molar-refractivity contribution >= 4 is 89.4 Å². The van der Waals surface area contributed by atoms with Crippen molar-refractivity contribution in [2.75, 3.05) is 37.7 Å². The number of nitrogens with one attached hydrogen (secondary N) is 7. The number of fused-ring (bicyclic) bond motifs is 1. The number of carbonyl (C=O) groups excluding carboxylic acids is 8. The molecule has 324 valence electrons. The Morgan fingerprint density at radius 3 is 2.12 bits per heavy atom. The van der Waals surface area contributed by atoms with E-state index in [1.54, 1.807) is 30.5 Å². The third-order valence-electron chi connectivity index (χ3n) is 9.40. The number of primary amides is 1. The number of rotatable bonds is 24. The number of carboxylic acid groups (broad SMARTS) is 1. The first kappa shape index (κ1) is 48.0. The van der Waals surface area contributed by atoms with Crippen LogP contribution in [0.25, 0.3) is 10.9 Å². The lowest BCUT2D eigenvalue weighted by Gasteiger charge is -2.30. The van der Waals surface area contributed by atoms with Crippen molar-refractivity contribution in [1.82, 2.24) is 41.8 Å². The number of amides is 8. The van der Waals surface area contributed by atoms with Gasteiger partial charge in [0.05, 0.1) is 25.6 Å². The molecule has 1 fully saturated rings. The van der Waals surface area contributed by atoms with Crippen LogP contribution in [0.1, 0.15) is 44.1 Å². The summed E-state index contributed by atoms with van der Waals surface area (Å²) in [6.45, 7) is -0.791. The van der Waals surface area contributed by atoms with Crippen LogP contribution in [0, 0.1) is 0 Å². The Kier molecular flexibility index (Phi) is 19.4. The summed E-state index contributed by atoms with van der Waals surface area (Å²) in [6.07, 6.45) is 2.35. The third-order valence-corrected chi connectivity index (χ3v) is 10.2. The van der Waals surface area contributed by atoms with Crippen molar-refractivity contribution in [3.8, 4) is 0 Å². The molecule has 1 aromatic carbocycles. The van der Waals surface area contributed by atoms with Crippen LogP contribution in [0.3, 0.4) is 0 Å². The molecule has 1 saturated heterocycles. The predicted molar refractivity (Wildman–Crippen MR) is 221 cm³/mol. The minimum atomic E-state index is -1.73. The van der Waals surface area contributed by atoms with E-state index in [1.807, 2.05) is 0 Å². The van der Waals surface area contributed by atoms with E-state index < -0.39 is 109 Å². The zero-order chi connectivity index (χ0) is 43.6. The summed E-state index contributed by atoms with van der Waals surface area (Å²) >= 11 is 7.99. The molecule has 3 rings (SSSR count). The Labute approximate surface area is 350 Å². The van der Waals surface area contributed by atoms with Gasteiger partial charge in [0, 0.05) is 41.6 Å². The fraction of sp³-hybridized carbons (Fsp3) is 0.528. The average Bonchev–Trinajstić information content (AvgIpc) is 3.87. The van der Waals surface area contributed by atoms with Gasteiger partial charge in [-0.2, -0.15) is 25.3 Å². The number of aliphatic carboxylic acids is 1. The molecular weight excluding hydrogens is 811 g/mol. The maximum Gasteiger partial charge on any atom is 0.305 e. The zero-order valence-corrected chi connectivity index (χ0v) is 34.0. The number of nitrogens with two attached hydrogens (primary N) is 3. The molecule has 6 atom stereocenters. The van der Waals surface area contributed by atoms with Crippen molar-refractivity contribution < 1.29 is 48.3 Å². The lowest BCUT2D eigenvalue weighted by molar-refractivity contribution is -0.143. The van der Waals surface area contributed by atoms with Crippen LogP contribution in [0.5, 0.6) is 0 Å². The van der Waals surface area contributed by atoms with Gasteiger partial charge in [0.25, 0.3) is 0 Å². The number of hydrogen-bond acceptors (Lipinski definition) is 13. The van der Waals surface area contributed by atoms with E-state index >= 15 is 0 Å². The van der Waals surface area contributed by atoms with Crippen LogP contribution in [-0.2, 0) is 49.6 Å². The molecule has 2 heterocycles. The summed E-state index contributed by atoms with van der Waals surface area (Å²) in [5.41, 5.74) is 17.9. The van der Waals surface area contributed by atoms with Crippen molar-refractivity contribution in [1.29, 1.82) is 0 Å². The number of H-pyrrole nitrogens is 1. The summed E-state index contributed by atoms with van der Waals surface area (Å²) in [7, 11) is 0. The van der Waals surface area contributed by atoms with Gasteiger partial charge in [-0.15, -0.1) is 0 Å². The van der Waals surface area contributed by atoms with E-state index in [2.05, 4.69) is 62.1 Å². The number of thiol groups is 2. The van der Waals surface area contributed by atoms with Gasteiger partial charge in [-0.3, -0.25) is 43.2 Å². The molecule has 23 heteroatoms.